The SMILES string of the molecule is C=c1[nH]c(=Cc2cc(OC)cc(OC)c2)c(=O)o1. The van der Waals surface area contributed by atoms with Gasteiger partial charge in [-0.3, -0.25) is 0 Å². The summed E-state index contributed by atoms with van der Waals surface area (Å²) in [4.78, 5) is 14.2. The number of aromatic amines is 1. The van der Waals surface area contributed by atoms with E-state index in [1.807, 2.05) is 0 Å². The van der Waals surface area contributed by atoms with Gasteiger partial charge in [0.15, 0.2) is 5.55 Å². The van der Waals surface area contributed by atoms with Crippen LogP contribution in [0.25, 0.3) is 12.7 Å². The highest BCUT2D eigenvalue weighted by Gasteiger charge is 2.01. The Hall–Kier alpha value is -2.43. The van der Waals surface area contributed by atoms with Crippen LogP contribution in [0.4, 0.5) is 0 Å². The molecule has 0 saturated carbocycles. The van der Waals surface area contributed by atoms with Gasteiger partial charge < -0.3 is 18.9 Å². The second kappa shape index (κ2) is 4.83. The molecule has 0 radical (unpaired) electrons. The molecule has 0 saturated heterocycles. The Labute approximate surface area is 103 Å². The van der Waals surface area contributed by atoms with E-state index in [9.17, 15) is 4.79 Å². The van der Waals surface area contributed by atoms with Gasteiger partial charge >= 0.3 is 5.63 Å². The maximum absolute atomic E-state index is 11.4. The van der Waals surface area contributed by atoms with Crippen molar-refractivity contribution in [3.05, 3.63) is 45.1 Å². The van der Waals surface area contributed by atoms with Crippen molar-refractivity contribution in [1.29, 1.82) is 0 Å². The fourth-order valence-corrected chi connectivity index (χ4v) is 1.57. The fraction of sp³-hybridized carbons (Fsp3) is 0.154. The highest BCUT2D eigenvalue weighted by molar-refractivity contribution is 5.54. The van der Waals surface area contributed by atoms with Crippen LogP contribution in [0.5, 0.6) is 11.5 Å². The molecule has 2 rings (SSSR count). The molecule has 2 aromatic rings. The third-order valence-corrected chi connectivity index (χ3v) is 2.39. The van der Waals surface area contributed by atoms with Crippen molar-refractivity contribution >= 4 is 12.7 Å². The normalized spacial score (nSPS) is 11.6. The molecule has 0 bridgehead atoms. The molecule has 5 heteroatoms. The van der Waals surface area contributed by atoms with Gasteiger partial charge in [-0.15, -0.1) is 0 Å². The van der Waals surface area contributed by atoms with Crippen molar-refractivity contribution < 1.29 is 13.9 Å². The molecule has 0 fully saturated rings. The van der Waals surface area contributed by atoms with E-state index in [0.717, 1.165) is 5.56 Å². The molecule has 0 spiro atoms. The lowest BCUT2D eigenvalue weighted by molar-refractivity contribution is 0.394. The number of methoxy groups -OCH3 is 2. The van der Waals surface area contributed by atoms with Crippen molar-refractivity contribution in [2.45, 2.75) is 0 Å². The molecule has 0 aliphatic heterocycles. The van der Waals surface area contributed by atoms with Crippen LogP contribution in [0.2, 0.25) is 0 Å². The molecule has 18 heavy (non-hydrogen) atoms. The fourth-order valence-electron chi connectivity index (χ4n) is 1.57. The summed E-state index contributed by atoms with van der Waals surface area (Å²) < 4.78 is 15.1. The Morgan fingerprint density at radius 1 is 1.22 bits per heavy atom. The van der Waals surface area contributed by atoms with E-state index in [1.165, 1.54) is 0 Å². The first-order valence-corrected chi connectivity index (χ1v) is 5.25. The smallest absolute Gasteiger partial charge is 0.361 e. The molecule has 0 atom stereocenters. The number of hydrogen-bond acceptors (Lipinski definition) is 4. The number of benzene rings is 1. The molecule has 5 nitrogen and oxygen atoms in total. The van der Waals surface area contributed by atoms with Crippen molar-refractivity contribution in [3.63, 3.8) is 0 Å². The summed E-state index contributed by atoms with van der Waals surface area (Å²) in [5.74, 6) is 1.29. The van der Waals surface area contributed by atoms with Crippen molar-refractivity contribution in [3.8, 4) is 11.5 Å². The third kappa shape index (κ3) is 2.45. The molecule has 94 valence electrons. The van der Waals surface area contributed by atoms with Crippen molar-refractivity contribution in [2.75, 3.05) is 14.2 Å². The van der Waals surface area contributed by atoms with Crippen LogP contribution in [-0.4, -0.2) is 19.2 Å². The second-order valence-electron chi connectivity index (χ2n) is 3.64. The largest absolute Gasteiger partial charge is 0.497 e. The average molecular weight is 247 g/mol. The van der Waals surface area contributed by atoms with E-state index in [0.29, 0.717) is 16.8 Å². The summed E-state index contributed by atoms with van der Waals surface area (Å²) in [5.41, 5.74) is 0.531. The quantitative estimate of drug-likeness (QED) is 0.843. The number of rotatable bonds is 3. The topological polar surface area (TPSA) is 64.5 Å². The summed E-state index contributed by atoms with van der Waals surface area (Å²) in [7, 11) is 3.13. The Balaban J connectivity index is 2.58. The van der Waals surface area contributed by atoms with Crippen LogP contribution in [0, 0.1) is 0 Å². The van der Waals surface area contributed by atoms with Gasteiger partial charge in [0.05, 0.1) is 14.2 Å². The molecule has 0 aliphatic carbocycles. The van der Waals surface area contributed by atoms with Crippen molar-refractivity contribution in [1.82, 2.24) is 4.98 Å². The van der Waals surface area contributed by atoms with Gasteiger partial charge in [0.2, 0.25) is 0 Å². The minimum absolute atomic E-state index is 0.223. The molecule has 0 aliphatic rings. The summed E-state index contributed by atoms with van der Waals surface area (Å²) in [6.45, 7) is 3.52. The average Bonchev–Trinajstić information content (AvgIpc) is 2.67. The molecular formula is C13H13NO4. The van der Waals surface area contributed by atoms with E-state index < -0.39 is 5.63 Å². The van der Waals surface area contributed by atoms with Crippen LogP contribution < -0.4 is 26.0 Å². The van der Waals surface area contributed by atoms with Gasteiger partial charge in [0, 0.05) is 6.07 Å². The minimum atomic E-state index is -0.457. The molecular weight excluding hydrogens is 234 g/mol. The van der Waals surface area contributed by atoms with E-state index in [-0.39, 0.29) is 5.55 Å². The van der Waals surface area contributed by atoms with Gasteiger partial charge in [-0.25, -0.2) is 4.79 Å². The third-order valence-electron chi connectivity index (χ3n) is 2.39. The minimum Gasteiger partial charge on any atom is -0.497 e. The number of H-pyrrole nitrogens is 1. The molecule has 1 aromatic carbocycles. The summed E-state index contributed by atoms with van der Waals surface area (Å²) in [6.07, 6.45) is 1.64. The number of nitrogens with one attached hydrogen (secondary N) is 1. The van der Waals surface area contributed by atoms with Crippen LogP contribution in [0.1, 0.15) is 5.56 Å². The lowest BCUT2D eigenvalue weighted by Gasteiger charge is -2.05. The van der Waals surface area contributed by atoms with Gasteiger partial charge in [-0.2, -0.15) is 0 Å². The standard InChI is InChI=1S/C13H13NO4/c1-8-14-12(13(15)18-8)6-9-4-10(16-2)7-11(5-9)17-3/h4-7,14H,1H2,2-3H3. The van der Waals surface area contributed by atoms with Crippen LogP contribution >= 0.6 is 0 Å². The lowest BCUT2D eigenvalue weighted by Crippen LogP contribution is -2.21. The molecule has 0 unspecified atom stereocenters. The predicted molar refractivity (Wildman–Crippen MR) is 67.2 cm³/mol. The first-order valence-electron chi connectivity index (χ1n) is 5.25. The Kier molecular flexibility index (Phi) is 3.23. The first-order chi connectivity index (χ1) is 8.62. The van der Waals surface area contributed by atoms with Gasteiger partial charge in [0.1, 0.15) is 16.8 Å². The molecule has 1 N–H and O–H groups in total. The van der Waals surface area contributed by atoms with Crippen LogP contribution in [0.15, 0.2) is 27.4 Å². The van der Waals surface area contributed by atoms with Gasteiger partial charge in [-0.05, 0) is 30.4 Å². The number of oxazole rings is 1. The first kappa shape index (κ1) is 12.0. The Morgan fingerprint density at radius 3 is 2.28 bits per heavy atom. The second-order valence-corrected chi connectivity index (χ2v) is 3.64. The van der Waals surface area contributed by atoms with E-state index in [2.05, 4.69) is 11.6 Å². The maximum Gasteiger partial charge on any atom is 0.361 e. The highest BCUT2D eigenvalue weighted by atomic mass is 16.5. The van der Waals surface area contributed by atoms with E-state index in [1.54, 1.807) is 38.5 Å². The van der Waals surface area contributed by atoms with Gasteiger partial charge in [-0.1, -0.05) is 0 Å². The van der Waals surface area contributed by atoms with Crippen LogP contribution in [0.3, 0.4) is 0 Å². The van der Waals surface area contributed by atoms with E-state index >= 15 is 0 Å². The number of hydrogen-bond donors (Lipinski definition) is 1. The zero-order chi connectivity index (χ0) is 13.1. The monoisotopic (exact) mass is 247 g/mol. The summed E-state index contributed by atoms with van der Waals surface area (Å²) in [6, 6.07) is 5.32. The summed E-state index contributed by atoms with van der Waals surface area (Å²) >= 11 is 0. The highest BCUT2D eigenvalue weighted by Crippen LogP contribution is 2.22. The molecule has 1 aromatic heterocycles. The zero-order valence-corrected chi connectivity index (χ0v) is 10.1. The molecule has 1 heterocycles. The predicted octanol–water partition coefficient (Wildman–Crippen LogP) is 0.224. The van der Waals surface area contributed by atoms with E-state index in [4.69, 9.17) is 13.9 Å². The van der Waals surface area contributed by atoms with Crippen LogP contribution in [-0.2, 0) is 0 Å². The lowest BCUT2D eigenvalue weighted by atomic mass is 10.2. The Bertz CT molecular complexity index is 689. The Morgan fingerprint density at radius 2 is 1.83 bits per heavy atom. The number of ether oxygens (including phenoxy) is 2. The summed E-state index contributed by atoms with van der Waals surface area (Å²) in [5, 5.41) is 0.329. The van der Waals surface area contributed by atoms with Crippen molar-refractivity contribution in [2.24, 2.45) is 0 Å². The number of aromatic nitrogens is 1. The zero-order valence-electron chi connectivity index (χ0n) is 10.1. The van der Waals surface area contributed by atoms with Gasteiger partial charge in [0.25, 0.3) is 0 Å². The molecule has 0 amide bonds. The maximum atomic E-state index is 11.4.